The van der Waals surface area contributed by atoms with E-state index in [1.165, 1.54) is 19.3 Å². The van der Waals surface area contributed by atoms with Gasteiger partial charge in [-0.15, -0.1) is 0 Å². The van der Waals surface area contributed by atoms with Crippen LogP contribution in [0.5, 0.6) is 5.75 Å². The number of hydrogen-bond acceptors (Lipinski definition) is 4. The molecule has 2 aromatic carbocycles. The van der Waals surface area contributed by atoms with Crippen molar-refractivity contribution in [3.8, 4) is 5.75 Å². The number of carbonyl (C=O) groups excluding carboxylic acids is 3. The summed E-state index contributed by atoms with van der Waals surface area (Å²) in [5, 5.41) is 2.82. The average molecular weight is 450 g/mol. The van der Waals surface area contributed by atoms with Crippen LogP contribution in [0.4, 0.5) is 11.4 Å². The summed E-state index contributed by atoms with van der Waals surface area (Å²) in [7, 11) is 1.87. The number of ether oxygens (including phenoxy) is 1. The molecular formula is C26H31N3O4. The van der Waals surface area contributed by atoms with Crippen LogP contribution in [0.3, 0.4) is 0 Å². The Balaban J connectivity index is 1.28. The van der Waals surface area contributed by atoms with Crippen molar-refractivity contribution in [1.29, 1.82) is 0 Å². The van der Waals surface area contributed by atoms with E-state index in [-0.39, 0.29) is 30.6 Å². The fourth-order valence-corrected chi connectivity index (χ4v) is 4.54. The molecule has 1 saturated carbocycles. The molecule has 0 saturated heterocycles. The molecule has 0 aromatic heterocycles. The summed E-state index contributed by atoms with van der Waals surface area (Å²) in [6.07, 6.45) is 5.92. The van der Waals surface area contributed by atoms with Crippen molar-refractivity contribution >= 4 is 29.1 Å². The summed E-state index contributed by atoms with van der Waals surface area (Å²) in [5.41, 5.74) is 1.97. The molecular weight excluding hydrogens is 418 g/mol. The normalized spacial score (nSPS) is 15.8. The maximum atomic E-state index is 12.8. The molecule has 33 heavy (non-hydrogen) atoms. The van der Waals surface area contributed by atoms with Gasteiger partial charge in [0.25, 0.3) is 5.91 Å². The molecule has 2 aliphatic rings. The topological polar surface area (TPSA) is 79.0 Å². The maximum Gasteiger partial charge on any atom is 0.253 e. The zero-order valence-corrected chi connectivity index (χ0v) is 19.1. The molecule has 1 aliphatic heterocycles. The third kappa shape index (κ3) is 5.53. The average Bonchev–Trinajstić information content (AvgIpc) is 2.87. The molecule has 0 spiro atoms. The van der Waals surface area contributed by atoms with Crippen molar-refractivity contribution in [1.82, 2.24) is 4.90 Å². The molecule has 7 heteroatoms. The van der Waals surface area contributed by atoms with Gasteiger partial charge in [0.15, 0.2) is 0 Å². The lowest BCUT2D eigenvalue weighted by molar-refractivity contribution is -0.122. The Morgan fingerprint density at radius 2 is 1.73 bits per heavy atom. The second-order valence-corrected chi connectivity index (χ2v) is 8.69. The van der Waals surface area contributed by atoms with Gasteiger partial charge in [-0.1, -0.05) is 31.4 Å². The minimum absolute atomic E-state index is 0.0103. The summed E-state index contributed by atoms with van der Waals surface area (Å²) in [6.45, 7) is 0.915. The van der Waals surface area contributed by atoms with E-state index in [9.17, 15) is 14.4 Å². The van der Waals surface area contributed by atoms with Crippen LogP contribution in [0, 0.1) is 0 Å². The molecule has 0 radical (unpaired) electrons. The van der Waals surface area contributed by atoms with Gasteiger partial charge in [0.05, 0.1) is 12.2 Å². The Kier molecular flexibility index (Phi) is 7.27. The molecule has 0 atom stereocenters. The van der Waals surface area contributed by atoms with Crippen molar-refractivity contribution < 1.29 is 19.1 Å². The first kappa shape index (κ1) is 22.8. The predicted molar refractivity (Wildman–Crippen MR) is 128 cm³/mol. The van der Waals surface area contributed by atoms with Crippen LogP contribution < -0.4 is 15.0 Å². The molecule has 174 valence electrons. The fraction of sp³-hybridized carbons (Fsp3) is 0.423. The van der Waals surface area contributed by atoms with Crippen LogP contribution in [-0.2, 0) is 9.59 Å². The highest BCUT2D eigenvalue weighted by Crippen LogP contribution is 2.31. The lowest BCUT2D eigenvalue weighted by atomic mass is 9.94. The second kappa shape index (κ2) is 10.5. The van der Waals surface area contributed by atoms with Gasteiger partial charge >= 0.3 is 0 Å². The van der Waals surface area contributed by atoms with E-state index < -0.39 is 0 Å². The molecule has 1 aliphatic carbocycles. The van der Waals surface area contributed by atoms with E-state index in [1.54, 1.807) is 29.2 Å². The number of anilines is 2. The van der Waals surface area contributed by atoms with E-state index >= 15 is 0 Å². The third-order valence-corrected chi connectivity index (χ3v) is 6.45. The Labute approximate surface area is 194 Å². The van der Waals surface area contributed by atoms with Gasteiger partial charge in [-0.2, -0.15) is 0 Å². The van der Waals surface area contributed by atoms with Gasteiger partial charge in [-0.05, 0) is 49.2 Å². The Morgan fingerprint density at radius 1 is 1.00 bits per heavy atom. The minimum atomic E-state index is -0.233. The number of nitrogens with zero attached hydrogens (tertiary/aromatic N) is 2. The number of fused-ring (bicyclic) bond motifs is 1. The standard InChI is InChI=1S/C26H31N3O4/c1-28(21-7-3-2-4-8-21)26(32)19-11-13-20(14-12-19)27-24(30)15-16-25(31)29-17-18-33-23-10-6-5-9-22(23)29/h5-6,9-14,21H,2-4,7-8,15-18H2,1H3,(H,27,30). The first-order valence-corrected chi connectivity index (χ1v) is 11.7. The zero-order valence-electron chi connectivity index (χ0n) is 19.1. The van der Waals surface area contributed by atoms with Gasteiger partial charge in [0.1, 0.15) is 12.4 Å². The number of rotatable bonds is 6. The quantitative estimate of drug-likeness (QED) is 0.716. The second-order valence-electron chi connectivity index (χ2n) is 8.69. The highest BCUT2D eigenvalue weighted by Gasteiger charge is 2.24. The Hall–Kier alpha value is -3.35. The van der Waals surface area contributed by atoms with Crippen LogP contribution in [0.2, 0.25) is 0 Å². The van der Waals surface area contributed by atoms with Gasteiger partial charge in [0, 0.05) is 37.2 Å². The summed E-state index contributed by atoms with van der Waals surface area (Å²) < 4.78 is 5.58. The van der Waals surface area contributed by atoms with E-state index in [2.05, 4.69) is 5.32 Å². The van der Waals surface area contributed by atoms with Gasteiger partial charge in [0.2, 0.25) is 11.8 Å². The fourth-order valence-electron chi connectivity index (χ4n) is 4.54. The SMILES string of the molecule is CN(C(=O)c1ccc(NC(=O)CCC(=O)N2CCOc3ccccc32)cc1)C1CCCCC1. The van der Waals surface area contributed by atoms with Crippen LogP contribution in [0.25, 0.3) is 0 Å². The Bertz CT molecular complexity index is 999. The summed E-state index contributed by atoms with van der Waals surface area (Å²) in [6, 6.07) is 14.7. The summed E-state index contributed by atoms with van der Waals surface area (Å²) in [4.78, 5) is 41.4. The van der Waals surface area contributed by atoms with Crippen LogP contribution in [0.15, 0.2) is 48.5 Å². The minimum Gasteiger partial charge on any atom is -0.490 e. The summed E-state index contributed by atoms with van der Waals surface area (Å²) in [5.74, 6) is 0.359. The maximum absolute atomic E-state index is 12.8. The molecule has 1 N–H and O–H groups in total. The molecule has 1 heterocycles. The van der Waals surface area contributed by atoms with Crippen molar-refractivity contribution in [3.63, 3.8) is 0 Å². The lowest BCUT2D eigenvalue weighted by Gasteiger charge is -2.31. The van der Waals surface area contributed by atoms with Crippen LogP contribution in [0.1, 0.15) is 55.3 Å². The highest BCUT2D eigenvalue weighted by molar-refractivity contribution is 5.99. The lowest BCUT2D eigenvalue weighted by Crippen LogP contribution is -2.38. The van der Waals surface area contributed by atoms with Crippen LogP contribution in [-0.4, -0.2) is 48.9 Å². The third-order valence-electron chi connectivity index (χ3n) is 6.45. The van der Waals surface area contributed by atoms with E-state index in [0.29, 0.717) is 36.2 Å². The monoisotopic (exact) mass is 449 g/mol. The number of benzene rings is 2. The number of amides is 3. The van der Waals surface area contributed by atoms with Crippen LogP contribution >= 0.6 is 0 Å². The molecule has 4 rings (SSSR count). The van der Waals surface area contributed by atoms with Gasteiger partial charge in [-0.3, -0.25) is 14.4 Å². The molecule has 0 unspecified atom stereocenters. The van der Waals surface area contributed by atoms with Gasteiger partial charge in [-0.25, -0.2) is 0 Å². The molecule has 1 fully saturated rings. The van der Waals surface area contributed by atoms with Crippen molar-refractivity contribution in [3.05, 3.63) is 54.1 Å². The number of para-hydroxylation sites is 2. The number of hydrogen-bond donors (Lipinski definition) is 1. The van der Waals surface area contributed by atoms with E-state index in [0.717, 1.165) is 18.5 Å². The van der Waals surface area contributed by atoms with Gasteiger partial charge < -0.3 is 19.9 Å². The highest BCUT2D eigenvalue weighted by atomic mass is 16.5. The van der Waals surface area contributed by atoms with E-state index in [4.69, 9.17) is 4.74 Å². The predicted octanol–water partition coefficient (Wildman–Crippen LogP) is 4.24. The van der Waals surface area contributed by atoms with Crippen molar-refractivity contribution in [2.75, 3.05) is 30.4 Å². The van der Waals surface area contributed by atoms with E-state index in [1.807, 2.05) is 36.2 Å². The smallest absolute Gasteiger partial charge is 0.253 e. The Morgan fingerprint density at radius 3 is 2.48 bits per heavy atom. The molecule has 0 bridgehead atoms. The van der Waals surface area contributed by atoms with Crippen molar-refractivity contribution in [2.24, 2.45) is 0 Å². The molecule has 3 amide bonds. The zero-order chi connectivity index (χ0) is 23.2. The first-order valence-electron chi connectivity index (χ1n) is 11.7. The summed E-state index contributed by atoms with van der Waals surface area (Å²) >= 11 is 0. The largest absolute Gasteiger partial charge is 0.490 e. The molecule has 7 nitrogen and oxygen atoms in total. The van der Waals surface area contributed by atoms with Crippen molar-refractivity contribution in [2.45, 2.75) is 51.0 Å². The number of carbonyl (C=O) groups is 3. The molecule has 2 aromatic rings. The first-order chi connectivity index (χ1) is 16.0. The number of nitrogens with one attached hydrogen (secondary N) is 1.